The van der Waals surface area contributed by atoms with Gasteiger partial charge in [0.05, 0.1) is 16.9 Å². The minimum Gasteiger partial charge on any atom is -0.479 e. The Hall–Kier alpha value is -2.15. The molecule has 27 heavy (non-hydrogen) atoms. The van der Waals surface area contributed by atoms with Crippen LogP contribution in [0.1, 0.15) is 38.1 Å². The van der Waals surface area contributed by atoms with Crippen molar-refractivity contribution >= 4 is 34.8 Å². The Balaban J connectivity index is 2.17. The highest BCUT2D eigenvalue weighted by molar-refractivity contribution is 6.31. The Kier molecular flexibility index (Phi) is 5.16. The maximum Gasteiger partial charge on any atom is 0.337 e. The molecule has 8 heteroatoms. The van der Waals surface area contributed by atoms with Crippen molar-refractivity contribution in [1.82, 2.24) is 14.6 Å². The average molecular weight is 408 g/mol. The number of rotatable bonds is 4. The van der Waals surface area contributed by atoms with Crippen molar-refractivity contribution in [3.8, 4) is 11.3 Å². The molecule has 1 N–H and O–H groups in total. The molecule has 0 aliphatic carbocycles. The molecule has 3 rings (SSSR count). The van der Waals surface area contributed by atoms with Crippen LogP contribution in [0.25, 0.3) is 16.9 Å². The summed E-state index contributed by atoms with van der Waals surface area (Å²) in [6.07, 6.45) is -1.26. The third-order valence-electron chi connectivity index (χ3n) is 3.85. The smallest absolute Gasteiger partial charge is 0.337 e. The van der Waals surface area contributed by atoms with Gasteiger partial charge in [0.2, 0.25) is 0 Å². The summed E-state index contributed by atoms with van der Waals surface area (Å²) in [5.74, 6) is -1.14. The van der Waals surface area contributed by atoms with Crippen molar-refractivity contribution < 1.29 is 14.6 Å². The van der Waals surface area contributed by atoms with E-state index in [-0.39, 0.29) is 10.7 Å². The number of carbonyl (C=O) groups is 1. The number of nitrogens with zero attached hydrogens (tertiary/aromatic N) is 3. The standard InChI is InChI=1S/C19H19Cl2N3O3/c1-10-15(16(18(25)26)27-19(2,3)4)17(21)24-14(22-10)9-13(23-24)11-6-5-7-12(20)8-11/h5-9,16H,1-4H3,(H,25,26). The highest BCUT2D eigenvalue weighted by atomic mass is 35.5. The van der Waals surface area contributed by atoms with Gasteiger partial charge >= 0.3 is 5.97 Å². The summed E-state index contributed by atoms with van der Waals surface area (Å²) in [5, 5.41) is 14.9. The number of aliphatic carboxylic acids is 1. The highest BCUT2D eigenvalue weighted by Gasteiger charge is 2.32. The average Bonchev–Trinajstić information content (AvgIpc) is 2.97. The molecule has 0 radical (unpaired) electrons. The highest BCUT2D eigenvalue weighted by Crippen LogP contribution is 2.33. The lowest BCUT2D eigenvalue weighted by molar-refractivity contribution is -0.160. The largest absolute Gasteiger partial charge is 0.479 e. The van der Waals surface area contributed by atoms with Crippen LogP contribution in [0.2, 0.25) is 10.2 Å². The summed E-state index contributed by atoms with van der Waals surface area (Å²) in [6.45, 7) is 7.05. The van der Waals surface area contributed by atoms with E-state index in [2.05, 4.69) is 10.1 Å². The fourth-order valence-electron chi connectivity index (χ4n) is 2.76. The monoisotopic (exact) mass is 407 g/mol. The van der Waals surface area contributed by atoms with Gasteiger partial charge in [0.15, 0.2) is 11.8 Å². The van der Waals surface area contributed by atoms with Crippen LogP contribution in [0.3, 0.4) is 0 Å². The maximum atomic E-state index is 11.8. The number of benzene rings is 1. The number of carboxylic acids is 1. The summed E-state index contributed by atoms with van der Waals surface area (Å²) >= 11 is 12.6. The second-order valence-corrected chi connectivity index (χ2v) is 7.95. The van der Waals surface area contributed by atoms with Crippen LogP contribution in [0, 0.1) is 6.92 Å². The minimum atomic E-state index is -1.26. The number of carboxylic acid groups (broad SMARTS) is 1. The SMILES string of the molecule is Cc1nc2cc(-c3cccc(Cl)c3)nn2c(Cl)c1C(OC(C)(C)C)C(=O)O. The first-order valence-electron chi connectivity index (χ1n) is 8.29. The molecule has 2 aromatic heterocycles. The molecular formula is C19H19Cl2N3O3. The molecule has 0 amide bonds. The molecular weight excluding hydrogens is 389 g/mol. The van der Waals surface area contributed by atoms with E-state index in [0.29, 0.717) is 22.1 Å². The third-order valence-corrected chi connectivity index (χ3v) is 4.45. The fourth-order valence-corrected chi connectivity index (χ4v) is 3.31. The predicted molar refractivity (Wildman–Crippen MR) is 104 cm³/mol. The third kappa shape index (κ3) is 4.08. The van der Waals surface area contributed by atoms with E-state index in [9.17, 15) is 9.90 Å². The Morgan fingerprint density at radius 1 is 1.26 bits per heavy atom. The van der Waals surface area contributed by atoms with Crippen LogP contribution in [0.5, 0.6) is 0 Å². The number of hydrogen-bond acceptors (Lipinski definition) is 4. The van der Waals surface area contributed by atoms with Crippen LogP contribution >= 0.6 is 23.2 Å². The van der Waals surface area contributed by atoms with E-state index in [1.165, 1.54) is 4.52 Å². The van der Waals surface area contributed by atoms with Crippen molar-refractivity contribution in [2.24, 2.45) is 0 Å². The summed E-state index contributed by atoms with van der Waals surface area (Å²) in [4.78, 5) is 16.3. The van der Waals surface area contributed by atoms with Gasteiger partial charge in [0, 0.05) is 22.3 Å². The first-order valence-corrected chi connectivity index (χ1v) is 9.05. The van der Waals surface area contributed by atoms with Crippen molar-refractivity contribution in [3.63, 3.8) is 0 Å². The number of halogens is 2. The molecule has 0 fully saturated rings. The van der Waals surface area contributed by atoms with Crippen LogP contribution in [-0.4, -0.2) is 31.3 Å². The summed E-state index contributed by atoms with van der Waals surface area (Å²) < 4.78 is 7.14. The van der Waals surface area contributed by atoms with E-state index in [0.717, 1.165) is 5.56 Å². The second kappa shape index (κ2) is 7.11. The molecule has 3 aromatic rings. The molecule has 1 atom stereocenters. The van der Waals surface area contributed by atoms with E-state index in [1.807, 2.05) is 12.1 Å². The zero-order valence-electron chi connectivity index (χ0n) is 15.3. The van der Waals surface area contributed by atoms with Crippen LogP contribution in [0.4, 0.5) is 0 Å². The van der Waals surface area contributed by atoms with E-state index < -0.39 is 17.7 Å². The van der Waals surface area contributed by atoms with Gasteiger partial charge < -0.3 is 9.84 Å². The van der Waals surface area contributed by atoms with Crippen LogP contribution in [0.15, 0.2) is 30.3 Å². The van der Waals surface area contributed by atoms with Crippen molar-refractivity contribution in [3.05, 3.63) is 51.8 Å². The maximum absolute atomic E-state index is 11.8. The minimum absolute atomic E-state index is 0.155. The molecule has 2 heterocycles. The van der Waals surface area contributed by atoms with E-state index in [4.69, 9.17) is 27.9 Å². The predicted octanol–water partition coefficient (Wildman–Crippen LogP) is 4.95. The van der Waals surface area contributed by atoms with Crippen molar-refractivity contribution in [2.75, 3.05) is 0 Å². The number of fused-ring (bicyclic) bond motifs is 1. The van der Waals surface area contributed by atoms with E-state index in [1.54, 1.807) is 45.9 Å². The number of aryl methyl sites for hydroxylation is 1. The van der Waals surface area contributed by atoms with Gasteiger partial charge in [-0.1, -0.05) is 35.3 Å². The first-order chi connectivity index (χ1) is 12.6. The molecule has 0 aliphatic heterocycles. The molecule has 0 saturated heterocycles. The summed E-state index contributed by atoms with van der Waals surface area (Å²) in [7, 11) is 0. The Morgan fingerprint density at radius 3 is 2.56 bits per heavy atom. The number of aromatic nitrogens is 3. The van der Waals surface area contributed by atoms with Crippen molar-refractivity contribution in [1.29, 1.82) is 0 Å². The summed E-state index contributed by atoms with van der Waals surface area (Å²) in [5.41, 5.74) is 2.03. The fraction of sp³-hybridized carbons (Fsp3) is 0.316. The molecule has 6 nitrogen and oxygen atoms in total. The van der Waals surface area contributed by atoms with Crippen LogP contribution in [-0.2, 0) is 9.53 Å². The topological polar surface area (TPSA) is 76.7 Å². The Labute approximate surface area is 166 Å². The summed E-state index contributed by atoms with van der Waals surface area (Å²) in [6, 6.07) is 9.03. The second-order valence-electron chi connectivity index (χ2n) is 7.16. The van der Waals surface area contributed by atoms with Gasteiger partial charge in [0.25, 0.3) is 0 Å². The molecule has 1 unspecified atom stereocenters. The zero-order chi connectivity index (χ0) is 19.9. The molecule has 0 aliphatic rings. The molecule has 142 valence electrons. The van der Waals surface area contributed by atoms with Crippen LogP contribution < -0.4 is 0 Å². The lowest BCUT2D eigenvalue weighted by Crippen LogP contribution is -2.28. The molecule has 1 aromatic carbocycles. The van der Waals surface area contributed by atoms with Gasteiger partial charge in [0.1, 0.15) is 5.15 Å². The quantitative estimate of drug-likeness (QED) is 0.618. The van der Waals surface area contributed by atoms with Gasteiger partial charge in [-0.05, 0) is 39.8 Å². The van der Waals surface area contributed by atoms with Gasteiger partial charge in [-0.15, -0.1) is 0 Å². The van der Waals surface area contributed by atoms with Crippen molar-refractivity contribution in [2.45, 2.75) is 39.4 Å². The number of ether oxygens (including phenoxy) is 1. The Morgan fingerprint density at radius 2 is 1.96 bits per heavy atom. The molecule has 0 spiro atoms. The normalized spacial score (nSPS) is 13.1. The molecule has 0 bridgehead atoms. The lowest BCUT2D eigenvalue weighted by atomic mass is 10.1. The van der Waals surface area contributed by atoms with Gasteiger partial charge in [-0.3, -0.25) is 0 Å². The van der Waals surface area contributed by atoms with E-state index >= 15 is 0 Å². The number of hydrogen-bond donors (Lipinski definition) is 1. The first kappa shape index (κ1) is 19.6. The zero-order valence-corrected chi connectivity index (χ0v) is 16.8. The Bertz CT molecular complexity index is 1020. The lowest BCUT2D eigenvalue weighted by Gasteiger charge is -2.26. The van der Waals surface area contributed by atoms with Gasteiger partial charge in [-0.25, -0.2) is 14.3 Å². The molecule has 0 saturated carbocycles. The van der Waals surface area contributed by atoms with Gasteiger partial charge in [-0.2, -0.15) is 5.10 Å².